The molecule has 252 valence electrons. The number of carbonyl (C=O) groups is 2. The van der Waals surface area contributed by atoms with Gasteiger partial charge in [-0.1, -0.05) is 104 Å². The third-order valence-electron chi connectivity index (χ3n) is 9.07. The van der Waals surface area contributed by atoms with E-state index in [0.29, 0.717) is 5.75 Å². The van der Waals surface area contributed by atoms with E-state index in [1.807, 2.05) is 68.4 Å². The van der Waals surface area contributed by atoms with Crippen LogP contribution in [0.25, 0.3) is 0 Å². The fraction of sp³-hybridized carbons (Fsp3) is 0.333. The van der Waals surface area contributed by atoms with Crippen molar-refractivity contribution in [2.24, 2.45) is 0 Å². The van der Waals surface area contributed by atoms with Gasteiger partial charge in [-0.05, 0) is 67.6 Å². The van der Waals surface area contributed by atoms with E-state index in [1.54, 1.807) is 53.4 Å². The summed E-state index contributed by atoms with van der Waals surface area (Å²) >= 11 is 0. The number of carbonyl (C=O) groups excluding carboxylic acids is 2. The molecule has 1 aliphatic rings. The molecule has 5 rings (SSSR count). The van der Waals surface area contributed by atoms with Crippen molar-refractivity contribution in [3.05, 3.63) is 125 Å². The first-order chi connectivity index (χ1) is 23.2. The molecule has 0 saturated heterocycles. The molecule has 4 aromatic carbocycles. The molecule has 9 heteroatoms. The van der Waals surface area contributed by atoms with Crippen LogP contribution in [0.1, 0.15) is 54.4 Å². The molecule has 1 fully saturated rings. The predicted molar refractivity (Wildman–Crippen MR) is 189 cm³/mol. The van der Waals surface area contributed by atoms with E-state index in [9.17, 15) is 18.0 Å². The Balaban J connectivity index is 1.59. The van der Waals surface area contributed by atoms with Crippen LogP contribution in [0.3, 0.4) is 0 Å². The second-order valence-electron chi connectivity index (χ2n) is 12.5. The molecule has 48 heavy (non-hydrogen) atoms. The maximum Gasteiger partial charge on any atom is 0.264 e. The molecule has 0 bridgehead atoms. The summed E-state index contributed by atoms with van der Waals surface area (Å²) in [5, 5.41) is 3.25. The number of aryl methyl sites for hydroxylation is 2. The summed E-state index contributed by atoms with van der Waals surface area (Å²) in [6.07, 6.45) is 5.30. The van der Waals surface area contributed by atoms with Gasteiger partial charge in [-0.15, -0.1) is 0 Å². The number of benzene rings is 4. The second-order valence-corrected chi connectivity index (χ2v) is 14.4. The molecule has 0 spiro atoms. The third kappa shape index (κ3) is 8.44. The van der Waals surface area contributed by atoms with Crippen molar-refractivity contribution in [3.8, 4) is 5.75 Å². The number of anilines is 1. The van der Waals surface area contributed by atoms with Gasteiger partial charge in [0.15, 0.2) is 0 Å². The highest BCUT2D eigenvalue weighted by atomic mass is 32.2. The molecule has 0 aromatic heterocycles. The lowest BCUT2D eigenvalue weighted by atomic mass is 9.94. The van der Waals surface area contributed by atoms with Crippen molar-refractivity contribution in [1.82, 2.24) is 10.2 Å². The van der Waals surface area contributed by atoms with Crippen LogP contribution in [0, 0.1) is 13.8 Å². The minimum atomic E-state index is -4.24. The Kier molecular flexibility index (Phi) is 11.5. The maximum absolute atomic E-state index is 14.8. The number of hydrogen-bond donors (Lipinski definition) is 1. The largest absolute Gasteiger partial charge is 0.495 e. The minimum Gasteiger partial charge on any atom is -0.495 e. The number of para-hydroxylation sites is 2. The Hall–Kier alpha value is -4.63. The Labute approximate surface area is 284 Å². The van der Waals surface area contributed by atoms with Crippen molar-refractivity contribution in [3.63, 3.8) is 0 Å². The number of nitrogens with one attached hydrogen (secondary N) is 1. The van der Waals surface area contributed by atoms with Gasteiger partial charge in [0.05, 0.1) is 17.7 Å². The molecule has 0 aliphatic heterocycles. The van der Waals surface area contributed by atoms with Crippen molar-refractivity contribution in [2.45, 2.75) is 75.9 Å². The van der Waals surface area contributed by atoms with Gasteiger partial charge >= 0.3 is 0 Å². The van der Waals surface area contributed by atoms with Crippen LogP contribution in [-0.4, -0.2) is 50.9 Å². The normalized spacial score (nSPS) is 14.1. The van der Waals surface area contributed by atoms with E-state index in [0.717, 1.165) is 58.7 Å². The van der Waals surface area contributed by atoms with Gasteiger partial charge in [-0.25, -0.2) is 8.42 Å². The molecular formula is C39H45N3O5S. The van der Waals surface area contributed by atoms with Crippen LogP contribution in [0.4, 0.5) is 5.69 Å². The molecule has 1 unspecified atom stereocenters. The molecule has 0 radical (unpaired) electrons. The first-order valence-corrected chi connectivity index (χ1v) is 18.0. The topological polar surface area (TPSA) is 96.0 Å². The fourth-order valence-electron chi connectivity index (χ4n) is 6.26. The number of amides is 2. The number of hydrogen-bond acceptors (Lipinski definition) is 5. The van der Waals surface area contributed by atoms with Gasteiger partial charge in [-0.3, -0.25) is 13.9 Å². The molecule has 8 nitrogen and oxygen atoms in total. The monoisotopic (exact) mass is 667 g/mol. The Bertz CT molecular complexity index is 1790. The van der Waals surface area contributed by atoms with Crippen molar-refractivity contribution >= 4 is 27.5 Å². The van der Waals surface area contributed by atoms with Gasteiger partial charge in [0, 0.05) is 19.0 Å². The highest BCUT2D eigenvalue weighted by Crippen LogP contribution is 2.33. The molecule has 2 amide bonds. The highest BCUT2D eigenvalue weighted by molar-refractivity contribution is 7.92. The summed E-state index contributed by atoms with van der Waals surface area (Å²) in [7, 11) is -2.77. The highest BCUT2D eigenvalue weighted by Gasteiger charge is 2.36. The SMILES string of the molecule is COc1ccccc1N(CC(=O)N(Cc1ccccc1C)C(Cc1ccccc1)C(=O)NC1CCCCC1)S(=O)(=O)c1ccc(C)cc1. The molecule has 0 heterocycles. The Morgan fingerprint density at radius 3 is 2.17 bits per heavy atom. The molecule has 4 aromatic rings. The average Bonchev–Trinajstić information content (AvgIpc) is 3.10. The lowest BCUT2D eigenvalue weighted by Crippen LogP contribution is -2.55. The van der Waals surface area contributed by atoms with E-state index in [2.05, 4.69) is 5.32 Å². The van der Waals surface area contributed by atoms with Crippen molar-refractivity contribution < 1.29 is 22.7 Å². The number of sulfonamides is 1. The first kappa shape index (κ1) is 34.7. The standard InChI is InChI=1S/C39H45N3O5S/c1-29-22-24-34(25-23-29)48(45,46)42(35-20-12-13-21-37(35)47-3)28-38(43)41(27-32-17-11-10-14-30(32)2)36(26-31-15-6-4-7-16-31)39(44)40-33-18-8-5-9-19-33/h4,6-7,10-17,20-25,33,36H,5,8-9,18-19,26-28H2,1-3H3,(H,40,44). The summed E-state index contributed by atoms with van der Waals surface area (Å²) in [6, 6.07) is 29.8. The Morgan fingerprint density at radius 2 is 1.48 bits per heavy atom. The predicted octanol–water partition coefficient (Wildman–Crippen LogP) is 6.60. The van der Waals surface area contributed by atoms with Gasteiger partial charge in [0.1, 0.15) is 18.3 Å². The zero-order valence-corrected chi connectivity index (χ0v) is 28.8. The van der Waals surface area contributed by atoms with Crippen LogP contribution in [0.15, 0.2) is 108 Å². The maximum atomic E-state index is 14.8. The number of rotatable bonds is 13. The summed E-state index contributed by atoms with van der Waals surface area (Å²) in [5.74, 6) is -0.431. The van der Waals surface area contributed by atoms with Gasteiger partial charge < -0.3 is 15.0 Å². The Morgan fingerprint density at radius 1 is 0.833 bits per heavy atom. The van der Waals surface area contributed by atoms with Gasteiger partial charge in [0.2, 0.25) is 11.8 Å². The van der Waals surface area contributed by atoms with E-state index in [1.165, 1.54) is 7.11 Å². The van der Waals surface area contributed by atoms with Crippen molar-refractivity contribution in [1.29, 1.82) is 0 Å². The molecule has 1 N–H and O–H groups in total. The van der Waals surface area contributed by atoms with E-state index < -0.39 is 28.5 Å². The summed E-state index contributed by atoms with van der Waals surface area (Å²) in [6.45, 7) is 3.44. The minimum absolute atomic E-state index is 0.0342. The second kappa shape index (κ2) is 16.0. The molecule has 1 saturated carbocycles. The van der Waals surface area contributed by atoms with Crippen LogP contribution in [-0.2, 0) is 32.6 Å². The zero-order valence-electron chi connectivity index (χ0n) is 28.0. The van der Waals surface area contributed by atoms with Crippen LogP contribution in [0.2, 0.25) is 0 Å². The van der Waals surface area contributed by atoms with E-state index >= 15 is 0 Å². The smallest absolute Gasteiger partial charge is 0.264 e. The van der Waals surface area contributed by atoms with E-state index in [-0.39, 0.29) is 35.5 Å². The van der Waals surface area contributed by atoms with Gasteiger partial charge in [-0.2, -0.15) is 0 Å². The summed E-state index contributed by atoms with van der Waals surface area (Å²) in [4.78, 5) is 30.7. The van der Waals surface area contributed by atoms with Gasteiger partial charge in [0.25, 0.3) is 10.0 Å². The number of nitrogens with zero attached hydrogens (tertiary/aromatic N) is 2. The number of methoxy groups -OCH3 is 1. The third-order valence-corrected chi connectivity index (χ3v) is 10.8. The molecule has 1 atom stereocenters. The average molecular weight is 668 g/mol. The van der Waals surface area contributed by atoms with Crippen LogP contribution >= 0.6 is 0 Å². The zero-order chi connectivity index (χ0) is 34.1. The van der Waals surface area contributed by atoms with Crippen LogP contribution in [0.5, 0.6) is 5.75 Å². The number of ether oxygens (including phenoxy) is 1. The summed E-state index contributed by atoms with van der Waals surface area (Å²) in [5.41, 5.74) is 3.88. The first-order valence-electron chi connectivity index (χ1n) is 16.6. The van der Waals surface area contributed by atoms with Crippen LogP contribution < -0.4 is 14.4 Å². The quantitative estimate of drug-likeness (QED) is 0.174. The fourth-order valence-corrected chi connectivity index (χ4v) is 7.68. The summed E-state index contributed by atoms with van der Waals surface area (Å²) < 4.78 is 35.4. The molecular weight excluding hydrogens is 623 g/mol. The molecule has 1 aliphatic carbocycles. The lowest BCUT2D eigenvalue weighted by molar-refractivity contribution is -0.140. The van der Waals surface area contributed by atoms with Crippen molar-refractivity contribution in [2.75, 3.05) is 18.0 Å². The lowest BCUT2D eigenvalue weighted by Gasteiger charge is -2.35. The van der Waals surface area contributed by atoms with E-state index in [4.69, 9.17) is 4.74 Å².